The van der Waals surface area contributed by atoms with Gasteiger partial charge in [0.2, 0.25) is 0 Å². The van der Waals surface area contributed by atoms with Gasteiger partial charge in [-0.1, -0.05) is 24.3 Å². The van der Waals surface area contributed by atoms with Crippen molar-refractivity contribution in [2.75, 3.05) is 14.2 Å². The Bertz CT molecular complexity index is 1060. The molecule has 2 N–H and O–H groups in total. The summed E-state index contributed by atoms with van der Waals surface area (Å²) in [6.45, 7) is 0. The van der Waals surface area contributed by atoms with Crippen LogP contribution >= 0.6 is 0 Å². The number of carbonyl (C=O) groups excluding carboxylic acids is 3. The lowest BCUT2D eigenvalue weighted by atomic mass is 9.74. The van der Waals surface area contributed by atoms with E-state index in [9.17, 15) is 14.4 Å². The van der Waals surface area contributed by atoms with Crippen molar-refractivity contribution in [2.45, 2.75) is 68.7 Å². The maximum atomic E-state index is 11.9. The highest BCUT2D eigenvalue weighted by Gasteiger charge is 2.48. The van der Waals surface area contributed by atoms with E-state index in [0.29, 0.717) is 30.5 Å². The Morgan fingerprint density at radius 1 is 0.771 bits per heavy atom. The fourth-order valence-electron chi connectivity index (χ4n) is 5.39. The second-order valence-corrected chi connectivity index (χ2v) is 9.63. The van der Waals surface area contributed by atoms with Crippen molar-refractivity contribution in [1.29, 1.82) is 0 Å². The van der Waals surface area contributed by atoms with Gasteiger partial charge in [-0.2, -0.15) is 0 Å². The number of Topliss-reactive ketones (excluding diaryl/α,β-unsaturated/α-hetero) is 1. The third-order valence-electron chi connectivity index (χ3n) is 7.53. The van der Waals surface area contributed by atoms with E-state index in [-0.39, 0.29) is 11.9 Å². The Kier molecular flexibility index (Phi) is 7.73. The van der Waals surface area contributed by atoms with Crippen molar-refractivity contribution in [3.05, 3.63) is 59.7 Å². The smallest absolute Gasteiger partial charge is 0.322 e. The molecule has 3 fully saturated rings. The molecule has 1 spiro atoms. The van der Waals surface area contributed by atoms with E-state index in [0.717, 1.165) is 50.0 Å². The molecule has 7 nitrogen and oxygen atoms in total. The summed E-state index contributed by atoms with van der Waals surface area (Å²) in [5, 5.41) is 5.13. The molecule has 2 saturated carbocycles. The summed E-state index contributed by atoms with van der Waals surface area (Å²) in [5.41, 5.74) is 1.87. The van der Waals surface area contributed by atoms with Gasteiger partial charge in [0, 0.05) is 12.8 Å². The summed E-state index contributed by atoms with van der Waals surface area (Å²) in [7, 11) is 3.34. The average Bonchev–Trinajstić information content (AvgIpc) is 3.17. The minimum Gasteiger partial charge on any atom is -0.497 e. The van der Waals surface area contributed by atoms with Crippen LogP contribution < -0.4 is 20.1 Å². The molecule has 5 rings (SSSR count). The van der Waals surface area contributed by atoms with E-state index in [4.69, 9.17) is 9.47 Å². The summed E-state index contributed by atoms with van der Waals surface area (Å²) in [6.07, 6.45) is 6.61. The lowest BCUT2D eigenvalue weighted by molar-refractivity contribution is -0.125. The maximum absolute atomic E-state index is 11.9. The van der Waals surface area contributed by atoms with Gasteiger partial charge >= 0.3 is 6.03 Å². The van der Waals surface area contributed by atoms with Crippen LogP contribution in [0.2, 0.25) is 0 Å². The molecule has 186 valence electrons. The number of methoxy groups -OCH3 is 2. The van der Waals surface area contributed by atoms with E-state index >= 15 is 0 Å². The number of hydrogen-bond donors (Lipinski definition) is 2. The molecule has 0 radical (unpaired) electrons. The van der Waals surface area contributed by atoms with Gasteiger partial charge in [0.15, 0.2) is 0 Å². The molecule has 0 bridgehead atoms. The van der Waals surface area contributed by atoms with Crippen molar-refractivity contribution in [1.82, 2.24) is 10.6 Å². The first-order valence-electron chi connectivity index (χ1n) is 12.4. The molecule has 1 heterocycles. The summed E-state index contributed by atoms with van der Waals surface area (Å²) in [4.78, 5) is 34.3. The zero-order valence-corrected chi connectivity index (χ0v) is 20.5. The van der Waals surface area contributed by atoms with Crippen molar-refractivity contribution in [3.63, 3.8) is 0 Å². The SMILES string of the molecule is COc1cccc(C2CCC(=O)CC2)c1.COc1cccc(C2CCC3(CC2)NC(=O)NC3=O)c1. The molecule has 1 saturated heterocycles. The number of urea groups is 1. The monoisotopic (exact) mass is 478 g/mol. The molecule has 2 aliphatic carbocycles. The Morgan fingerprint density at radius 3 is 1.74 bits per heavy atom. The number of nitrogens with one attached hydrogen (secondary N) is 2. The van der Waals surface area contributed by atoms with Gasteiger partial charge in [-0.25, -0.2) is 4.79 Å². The van der Waals surface area contributed by atoms with Crippen LogP contribution in [-0.2, 0) is 9.59 Å². The zero-order valence-electron chi connectivity index (χ0n) is 20.5. The molecule has 7 heteroatoms. The van der Waals surface area contributed by atoms with Gasteiger partial charge < -0.3 is 14.8 Å². The molecule has 0 aromatic heterocycles. The van der Waals surface area contributed by atoms with Crippen LogP contribution in [0, 0.1) is 0 Å². The minimum absolute atomic E-state index is 0.174. The molecule has 3 amide bonds. The second kappa shape index (κ2) is 10.9. The third kappa shape index (κ3) is 5.84. The molecule has 0 atom stereocenters. The second-order valence-electron chi connectivity index (χ2n) is 9.63. The van der Waals surface area contributed by atoms with E-state index in [1.807, 2.05) is 24.3 Å². The third-order valence-corrected chi connectivity index (χ3v) is 7.53. The molecule has 2 aromatic rings. The summed E-state index contributed by atoms with van der Waals surface area (Å²) < 4.78 is 10.4. The van der Waals surface area contributed by atoms with Crippen molar-refractivity contribution in [2.24, 2.45) is 0 Å². The summed E-state index contributed by atoms with van der Waals surface area (Å²) in [6, 6.07) is 15.9. The first kappa shape index (κ1) is 24.8. The fraction of sp³-hybridized carbons (Fsp3) is 0.464. The number of ether oxygens (including phenoxy) is 2. The van der Waals surface area contributed by atoms with Crippen molar-refractivity contribution >= 4 is 17.7 Å². The number of hydrogen-bond acceptors (Lipinski definition) is 5. The van der Waals surface area contributed by atoms with E-state index in [2.05, 4.69) is 34.9 Å². The average molecular weight is 479 g/mol. The molecule has 2 aromatic carbocycles. The quantitative estimate of drug-likeness (QED) is 0.613. The lowest BCUT2D eigenvalue weighted by Crippen LogP contribution is -2.49. The largest absolute Gasteiger partial charge is 0.497 e. The van der Waals surface area contributed by atoms with Gasteiger partial charge in [-0.3, -0.25) is 14.9 Å². The minimum atomic E-state index is -0.674. The van der Waals surface area contributed by atoms with Gasteiger partial charge in [0.1, 0.15) is 22.8 Å². The number of carbonyl (C=O) groups is 3. The Balaban J connectivity index is 0.000000172. The Morgan fingerprint density at radius 2 is 1.29 bits per heavy atom. The molecular weight excluding hydrogens is 444 g/mol. The molecule has 3 aliphatic rings. The number of benzene rings is 2. The van der Waals surface area contributed by atoms with Crippen LogP contribution in [0.1, 0.15) is 74.3 Å². The Hall–Kier alpha value is -3.35. The number of rotatable bonds is 4. The predicted molar refractivity (Wildman–Crippen MR) is 133 cm³/mol. The van der Waals surface area contributed by atoms with Crippen LogP contribution in [0.4, 0.5) is 4.79 Å². The fourth-order valence-corrected chi connectivity index (χ4v) is 5.39. The van der Waals surface area contributed by atoms with Gasteiger partial charge in [-0.15, -0.1) is 0 Å². The van der Waals surface area contributed by atoms with Gasteiger partial charge in [0.05, 0.1) is 14.2 Å². The normalized spacial score (nSPS) is 24.3. The van der Waals surface area contributed by atoms with Crippen LogP contribution in [0.5, 0.6) is 11.5 Å². The topological polar surface area (TPSA) is 93.7 Å². The number of ketones is 1. The maximum Gasteiger partial charge on any atom is 0.322 e. The van der Waals surface area contributed by atoms with Crippen LogP contribution in [0.25, 0.3) is 0 Å². The van der Waals surface area contributed by atoms with E-state index in [1.165, 1.54) is 11.1 Å². The highest BCUT2D eigenvalue weighted by atomic mass is 16.5. The molecule has 35 heavy (non-hydrogen) atoms. The number of imide groups is 1. The zero-order chi connectivity index (χ0) is 24.8. The van der Waals surface area contributed by atoms with Gasteiger partial charge in [0.25, 0.3) is 5.91 Å². The van der Waals surface area contributed by atoms with Gasteiger partial charge in [-0.05, 0) is 85.8 Å². The van der Waals surface area contributed by atoms with Crippen molar-refractivity contribution in [3.8, 4) is 11.5 Å². The van der Waals surface area contributed by atoms with Crippen molar-refractivity contribution < 1.29 is 23.9 Å². The first-order valence-corrected chi connectivity index (χ1v) is 12.4. The van der Waals surface area contributed by atoms with E-state index < -0.39 is 5.54 Å². The lowest BCUT2D eigenvalue weighted by Gasteiger charge is -2.34. The summed E-state index contributed by atoms with van der Waals surface area (Å²) in [5.74, 6) is 2.96. The highest BCUT2D eigenvalue weighted by molar-refractivity contribution is 6.07. The number of amides is 3. The predicted octanol–water partition coefficient (Wildman–Crippen LogP) is 4.85. The molecule has 0 unspecified atom stereocenters. The van der Waals surface area contributed by atoms with E-state index in [1.54, 1.807) is 14.2 Å². The molecule has 1 aliphatic heterocycles. The van der Waals surface area contributed by atoms with Crippen LogP contribution in [0.15, 0.2) is 48.5 Å². The first-order chi connectivity index (χ1) is 16.9. The standard InChI is InChI=1S/C15H18N2O3.C13H16O2/c1-20-12-4-2-3-11(9-12)10-5-7-15(8-6-10)13(18)16-14(19)17-15;1-15-13-4-2-3-11(9-13)10-5-7-12(14)8-6-10/h2-4,9-10H,5-8H2,1H3,(H2,16,17,18,19);2-4,9-10H,5-8H2,1H3. The van der Waals surface area contributed by atoms with Crippen LogP contribution in [-0.4, -0.2) is 37.5 Å². The molecular formula is C28H34N2O5. The Labute approximate surface area is 206 Å². The summed E-state index contributed by atoms with van der Waals surface area (Å²) >= 11 is 0. The highest BCUT2D eigenvalue weighted by Crippen LogP contribution is 2.40. The van der Waals surface area contributed by atoms with Crippen LogP contribution in [0.3, 0.4) is 0 Å².